The van der Waals surface area contributed by atoms with Crippen molar-refractivity contribution in [1.82, 2.24) is 10.2 Å². The highest BCUT2D eigenvalue weighted by Crippen LogP contribution is 2.35. The van der Waals surface area contributed by atoms with E-state index in [-0.39, 0.29) is 18.3 Å². The van der Waals surface area contributed by atoms with E-state index >= 15 is 0 Å². The second-order valence-corrected chi connectivity index (χ2v) is 7.60. The average molecular weight is 393 g/mol. The molecule has 5 nitrogen and oxygen atoms in total. The van der Waals surface area contributed by atoms with E-state index in [0.717, 1.165) is 15.7 Å². The van der Waals surface area contributed by atoms with E-state index in [1.807, 2.05) is 13.0 Å². The summed E-state index contributed by atoms with van der Waals surface area (Å²) in [6, 6.07) is 5.36. The maximum atomic E-state index is 12.2. The summed E-state index contributed by atoms with van der Waals surface area (Å²) in [5.41, 5.74) is 7.42. The van der Waals surface area contributed by atoms with Crippen LogP contribution in [-0.2, 0) is 4.79 Å². The van der Waals surface area contributed by atoms with Crippen molar-refractivity contribution >= 4 is 58.7 Å². The number of nitrogens with one attached hydrogen (secondary N) is 1. The first kappa shape index (κ1) is 20.2. The number of nitrogens with zero attached hydrogens (tertiary/aromatic N) is 2. The first-order chi connectivity index (χ1) is 10.4. The van der Waals surface area contributed by atoms with Gasteiger partial charge in [-0.3, -0.25) is 4.79 Å². The van der Waals surface area contributed by atoms with E-state index in [0.29, 0.717) is 17.1 Å². The first-order valence-corrected chi connectivity index (χ1v) is 8.83. The minimum Gasteiger partial charge on any atom is -0.324 e. The Morgan fingerprint density at radius 3 is 2.83 bits per heavy atom. The molecule has 23 heavy (non-hydrogen) atoms. The van der Waals surface area contributed by atoms with Crippen molar-refractivity contribution in [3.63, 3.8) is 0 Å². The molecular formula is C14H18Cl2N4OS2. The van der Waals surface area contributed by atoms with Gasteiger partial charge in [-0.2, -0.15) is 0 Å². The highest BCUT2D eigenvalue weighted by Gasteiger charge is 2.27. The zero-order valence-electron chi connectivity index (χ0n) is 12.7. The number of carbonyl (C=O) groups is 1. The van der Waals surface area contributed by atoms with Gasteiger partial charge in [0, 0.05) is 10.6 Å². The molecule has 9 heteroatoms. The minimum atomic E-state index is -0.888. The molecule has 1 unspecified atom stereocenters. The quantitative estimate of drug-likeness (QED) is 0.768. The standard InChI is InChI=1S/C14H17ClN4OS2.ClH/c1-3-6-14(2,16)12(20)18-9-4-5-11(10(15)7-9)22-13-19-17-8-21-13;/h4-5,7-8H,3,6,16H2,1-2H3,(H,18,20);1H. The number of aromatic nitrogens is 2. The van der Waals surface area contributed by atoms with E-state index in [1.165, 1.54) is 23.1 Å². The number of amides is 1. The molecule has 0 fully saturated rings. The summed E-state index contributed by atoms with van der Waals surface area (Å²) in [7, 11) is 0. The monoisotopic (exact) mass is 392 g/mol. The summed E-state index contributed by atoms with van der Waals surface area (Å²) >= 11 is 9.14. The maximum Gasteiger partial charge on any atom is 0.244 e. The van der Waals surface area contributed by atoms with Gasteiger partial charge < -0.3 is 11.1 Å². The number of rotatable bonds is 6. The molecule has 0 bridgehead atoms. The predicted octanol–water partition coefficient (Wildman–Crippen LogP) is 4.22. The average Bonchev–Trinajstić information content (AvgIpc) is 2.94. The third kappa shape index (κ3) is 5.61. The van der Waals surface area contributed by atoms with Crippen LogP contribution in [-0.4, -0.2) is 21.6 Å². The summed E-state index contributed by atoms with van der Waals surface area (Å²) in [6.45, 7) is 3.72. The van der Waals surface area contributed by atoms with Gasteiger partial charge in [0.25, 0.3) is 0 Å². The number of hydrogen-bond donors (Lipinski definition) is 2. The van der Waals surface area contributed by atoms with Gasteiger partial charge in [0.1, 0.15) is 5.51 Å². The van der Waals surface area contributed by atoms with E-state index in [4.69, 9.17) is 17.3 Å². The van der Waals surface area contributed by atoms with Gasteiger partial charge in [-0.05, 0) is 31.5 Å². The van der Waals surface area contributed by atoms with E-state index in [1.54, 1.807) is 24.6 Å². The molecule has 1 aromatic heterocycles. The van der Waals surface area contributed by atoms with Crippen molar-refractivity contribution in [2.45, 2.75) is 41.5 Å². The predicted molar refractivity (Wildman–Crippen MR) is 98.9 cm³/mol. The molecule has 2 aromatic rings. The van der Waals surface area contributed by atoms with Crippen LogP contribution in [0.25, 0.3) is 0 Å². The molecule has 1 atom stereocenters. The third-order valence-electron chi connectivity index (χ3n) is 3.02. The van der Waals surface area contributed by atoms with Crippen LogP contribution in [0.1, 0.15) is 26.7 Å². The van der Waals surface area contributed by atoms with Crippen molar-refractivity contribution in [2.24, 2.45) is 5.73 Å². The maximum absolute atomic E-state index is 12.2. The Kier molecular flexibility index (Phi) is 7.76. The van der Waals surface area contributed by atoms with Crippen LogP contribution < -0.4 is 11.1 Å². The fourth-order valence-corrected chi connectivity index (χ4v) is 3.60. The van der Waals surface area contributed by atoms with Crippen molar-refractivity contribution in [1.29, 1.82) is 0 Å². The fraction of sp³-hybridized carbons (Fsp3) is 0.357. The Morgan fingerprint density at radius 2 is 2.26 bits per heavy atom. The summed E-state index contributed by atoms with van der Waals surface area (Å²) in [6.07, 6.45) is 1.47. The molecular weight excluding hydrogens is 375 g/mol. The molecule has 0 aliphatic heterocycles. The molecule has 0 aliphatic carbocycles. The van der Waals surface area contributed by atoms with Gasteiger partial charge in [-0.1, -0.05) is 48.0 Å². The second-order valence-electron chi connectivity index (χ2n) is 5.07. The number of halogens is 2. The molecule has 0 radical (unpaired) electrons. The molecule has 126 valence electrons. The molecule has 2 rings (SSSR count). The van der Waals surface area contributed by atoms with Crippen molar-refractivity contribution < 1.29 is 4.79 Å². The van der Waals surface area contributed by atoms with Gasteiger partial charge in [-0.25, -0.2) is 0 Å². The lowest BCUT2D eigenvalue weighted by atomic mass is 9.96. The van der Waals surface area contributed by atoms with E-state index < -0.39 is 5.54 Å². The number of nitrogens with two attached hydrogens (primary N) is 1. The van der Waals surface area contributed by atoms with Gasteiger partial charge >= 0.3 is 0 Å². The molecule has 0 spiro atoms. The number of benzene rings is 1. The van der Waals surface area contributed by atoms with Crippen molar-refractivity contribution in [2.75, 3.05) is 5.32 Å². The first-order valence-electron chi connectivity index (χ1n) is 6.76. The molecule has 0 saturated carbocycles. The van der Waals surface area contributed by atoms with Gasteiger partial charge in [0.2, 0.25) is 5.91 Å². The molecule has 1 aromatic carbocycles. The Bertz CT molecular complexity index is 650. The highest BCUT2D eigenvalue weighted by atomic mass is 35.5. The summed E-state index contributed by atoms with van der Waals surface area (Å²) < 4.78 is 0.816. The fourth-order valence-electron chi connectivity index (χ4n) is 1.87. The Hall–Kier alpha value is -0.860. The zero-order valence-corrected chi connectivity index (χ0v) is 15.9. The molecule has 0 saturated heterocycles. The lowest BCUT2D eigenvalue weighted by Gasteiger charge is -2.23. The normalized spacial score (nSPS) is 13.0. The molecule has 0 aliphatic rings. The summed E-state index contributed by atoms with van der Waals surface area (Å²) in [4.78, 5) is 13.0. The molecule has 1 heterocycles. The van der Waals surface area contributed by atoms with Crippen LogP contribution in [0.5, 0.6) is 0 Å². The SMILES string of the molecule is CCCC(C)(N)C(=O)Nc1ccc(Sc2nncs2)c(Cl)c1.Cl. The number of anilines is 1. The van der Waals surface area contributed by atoms with Crippen molar-refractivity contribution in [3.8, 4) is 0 Å². The lowest BCUT2D eigenvalue weighted by molar-refractivity contribution is -0.120. The van der Waals surface area contributed by atoms with E-state index in [9.17, 15) is 4.79 Å². The van der Waals surface area contributed by atoms with Crippen molar-refractivity contribution in [3.05, 3.63) is 28.7 Å². The topological polar surface area (TPSA) is 80.9 Å². The number of carbonyl (C=O) groups excluding carboxylic acids is 1. The van der Waals surface area contributed by atoms with Crippen LogP contribution in [0.15, 0.2) is 32.9 Å². The summed E-state index contributed by atoms with van der Waals surface area (Å²) in [5, 5.41) is 11.1. The Labute approximate surface area is 154 Å². The van der Waals surface area contributed by atoms with Gasteiger partial charge in [0.15, 0.2) is 4.34 Å². The smallest absolute Gasteiger partial charge is 0.244 e. The zero-order chi connectivity index (χ0) is 16.2. The van der Waals surface area contributed by atoms with Gasteiger partial charge in [-0.15, -0.1) is 22.6 Å². The molecule has 3 N–H and O–H groups in total. The largest absolute Gasteiger partial charge is 0.324 e. The lowest BCUT2D eigenvalue weighted by Crippen LogP contribution is -2.48. The Morgan fingerprint density at radius 1 is 1.52 bits per heavy atom. The third-order valence-corrected chi connectivity index (χ3v) is 5.29. The highest BCUT2D eigenvalue weighted by molar-refractivity contribution is 8.01. The van der Waals surface area contributed by atoms with Crippen LogP contribution >= 0.6 is 47.1 Å². The van der Waals surface area contributed by atoms with Crippen LogP contribution in [0.4, 0.5) is 5.69 Å². The van der Waals surface area contributed by atoms with Crippen LogP contribution in [0.3, 0.4) is 0 Å². The van der Waals surface area contributed by atoms with E-state index in [2.05, 4.69) is 15.5 Å². The Balaban J connectivity index is 0.00000264. The van der Waals surface area contributed by atoms with Crippen LogP contribution in [0, 0.1) is 0 Å². The minimum absolute atomic E-state index is 0. The van der Waals surface area contributed by atoms with Gasteiger partial charge in [0.05, 0.1) is 10.6 Å². The molecule has 1 amide bonds. The second kappa shape index (κ2) is 8.84. The van der Waals surface area contributed by atoms with Crippen LogP contribution in [0.2, 0.25) is 5.02 Å². The number of hydrogen-bond acceptors (Lipinski definition) is 6. The summed E-state index contributed by atoms with van der Waals surface area (Å²) in [5.74, 6) is -0.213.